The first-order valence-electron chi connectivity index (χ1n) is 3.91. The molecule has 1 rings (SSSR count). The minimum atomic E-state index is -3.18. The van der Waals surface area contributed by atoms with E-state index in [1.165, 1.54) is 6.07 Å². The largest absolute Gasteiger partial charge is 0.396 e. The first kappa shape index (κ1) is 11.5. The van der Waals surface area contributed by atoms with E-state index in [9.17, 15) is 13.2 Å². The minimum Gasteiger partial charge on any atom is -0.396 e. The molecule has 1 nitrogen and oxygen atoms in total. The number of aliphatic hydroxyl groups is 1. The molecule has 0 spiro atoms. The van der Waals surface area contributed by atoms with Crippen LogP contribution < -0.4 is 0 Å². The molecule has 5 heteroatoms. The van der Waals surface area contributed by atoms with Crippen LogP contribution in [0.1, 0.15) is 12.0 Å². The summed E-state index contributed by atoms with van der Waals surface area (Å²) in [5.41, 5.74) is -0.424. The molecule has 1 aromatic rings. The molecular formula is C9H8BrF3O. The zero-order valence-corrected chi connectivity index (χ0v) is 8.69. The zero-order chi connectivity index (χ0) is 10.8. The molecule has 0 radical (unpaired) electrons. The van der Waals surface area contributed by atoms with Crippen molar-refractivity contribution in [1.29, 1.82) is 0 Å². The van der Waals surface area contributed by atoms with Crippen molar-refractivity contribution in [2.75, 3.05) is 6.61 Å². The molecule has 1 N–H and O–H groups in total. The van der Waals surface area contributed by atoms with E-state index in [1.807, 2.05) is 0 Å². The van der Waals surface area contributed by atoms with Crippen LogP contribution in [0.3, 0.4) is 0 Å². The van der Waals surface area contributed by atoms with E-state index in [4.69, 9.17) is 5.11 Å². The summed E-state index contributed by atoms with van der Waals surface area (Å²) < 4.78 is 39.3. The molecular weight excluding hydrogens is 261 g/mol. The standard InChI is InChI=1S/C9H8BrF3O/c10-7-2-1-6(5-8(7)11)9(12,13)3-4-14/h1-2,5,14H,3-4H2. The number of halogens is 4. The second-order valence-corrected chi connectivity index (χ2v) is 3.66. The second-order valence-electron chi connectivity index (χ2n) is 2.81. The van der Waals surface area contributed by atoms with Crippen LogP contribution in [-0.4, -0.2) is 11.7 Å². The van der Waals surface area contributed by atoms with E-state index < -0.39 is 30.3 Å². The highest BCUT2D eigenvalue weighted by molar-refractivity contribution is 9.10. The smallest absolute Gasteiger partial charge is 0.275 e. The maximum atomic E-state index is 13.1. The molecule has 0 aromatic heterocycles. The lowest BCUT2D eigenvalue weighted by Crippen LogP contribution is -2.15. The number of hydrogen-bond donors (Lipinski definition) is 1. The topological polar surface area (TPSA) is 20.2 Å². The van der Waals surface area contributed by atoms with E-state index in [0.717, 1.165) is 12.1 Å². The summed E-state index contributed by atoms with van der Waals surface area (Å²) in [5, 5.41) is 8.40. The second kappa shape index (κ2) is 4.31. The van der Waals surface area contributed by atoms with Gasteiger partial charge in [0.05, 0.1) is 4.47 Å². The van der Waals surface area contributed by atoms with Gasteiger partial charge in [-0.3, -0.25) is 0 Å². The summed E-state index contributed by atoms with van der Waals surface area (Å²) in [6, 6.07) is 3.11. The van der Waals surface area contributed by atoms with Crippen LogP contribution in [0, 0.1) is 5.82 Å². The first-order chi connectivity index (χ1) is 6.47. The fourth-order valence-corrected chi connectivity index (χ4v) is 1.26. The van der Waals surface area contributed by atoms with Crippen LogP contribution in [0.2, 0.25) is 0 Å². The molecule has 78 valence electrons. The third-order valence-corrected chi connectivity index (χ3v) is 2.41. The van der Waals surface area contributed by atoms with Crippen molar-refractivity contribution in [3.63, 3.8) is 0 Å². The lowest BCUT2D eigenvalue weighted by molar-refractivity contribution is -0.0272. The third kappa shape index (κ3) is 2.48. The van der Waals surface area contributed by atoms with Gasteiger partial charge in [-0.1, -0.05) is 6.07 Å². The fourth-order valence-electron chi connectivity index (χ4n) is 1.01. The Morgan fingerprint density at radius 1 is 1.36 bits per heavy atom. The van der Waals surface area contributed by atoms with Gasteiger partial charge >= 0.3 is 0 Å². The van der Waals surface area contributed by atoms with Gasteiger partial charge in [0.2, 0.25) is 0 Å². The Morgan fingerprint density at radius 2 is 2.00 bits per heavy atom. The Labute approximate surface area is 87.7 Å². The molecule has 0 unspecified atom stereocenters. The van der Waals surface area contributed by atoms with Gasteiger partial charge < -0.3 is 5.11 Å². The monoisotopic (exact) mass is 268 g/mol. The predicted molar refractivity (Wildman–Crippen MR) is 49.7 cm³/mol. The SMILES string of the molecule is OCCC(F)(F)c1ccc(Br)c(F)c1. The quantitative estimate of drug-likeness (QED) is 0.894. The predicted octanol–water partition coefficient (Wildman–Crippen LogP) is 3.06. The van der Waals surface area contributed by atoms with Crippen molar-refractivity contribution in [2.45, 2.75) is 12.3 Å². The number of rotatable bonds is 3. The fraction of sp³-hybridized carbons (Fsp3) is 0.333. The van der Waals surface area contributed by atoms with Gasteiger partial charge in [-0.2, -0.15) is 0 Å². The highest BCUT2D eigenvalue weighted by atomic mass is 79.9. The Bertz CT molecular complexity index is 328. The number of hydrogen-bond acceptors (Lipinski definition) is 1. The van der Waals surface area contributed by atoms with Crippen LogP contribution >= 0.6 is 15.9 Å². The molecule has 0 bridgehead atoms. The van der Waals surface area contributed by atoms with Crippen LogP contribution in [0.25, 0.3) is 0 Å². The zero-order valence-electron chi connectivity index (χ0n) is 7.11. The van der Waals surface area contributed by atoms with Crippen LogP contribution in [0.15, 0.2) is 22.7 Å². The van der Waals surface area contributed by atoms with Crippen LogP contribution in [0.4, 0.5) is 13.2 Å². The van der Waals surface area contributed by atoms with Gasteiger partial charge in [-0.05, 0) is 28.1 Å². The van der Waals surface area contributed by atoms with E-state index in [2.05, 4.69) is 15.9 Å². The molecule has 0 atom stereocenters. The number of aliphatic hydroxyl groups excluding tert-OH is 1. The minimum absolute atomic E-state index is 0.140. The molecule has 0 heterocycles. The summed E-state index contributed by atoms with van der Waals surface area (Å²) in [4.78, 5) is 0. The van der Waals surface area contributed by atoms with Crippen LogP contribution in [-0.2, 0) is 5.92 Å². The maximum absolute atomic E-state index is 13.1. The van der Waals surface area contributed by atoms with Crippen molar-refractivity contribution in [1.82, 2.24) is 0 Å². The molecule has 0 aliphatic rings. The molecule has 0 amide bonds. The highest BCUT2D eigenvalue weighted by Crippen LogP contribution is 2.32. The molecule has 0 aliphatic heterocycles. The van der Waals surface area contributed by atoms with Crippen molar-refractivity contribution in [3.05, 3.63) is 34.1 Å². The third-order valence-electron chi connectivity index (χ3n) is 1.77. The van der Waals surface area contributed by atoms with Gasteiger partial charge in [0.25, 0.3) is 5.92 Å². The van der Waals surface area contributed by atoms with Gasteiger partial charge in [0.1, 0.15) is 5.82 Å². The Hall–Kier alpha value is -0.550. The average Bonchev–Trinajstić information content (AvgIpc) is 2.09. The molecule has 0 aliphatic carbocycles. The Kier molecular flexibility index (Phi) is 3.55. The summed E-state index contributed by atoms with van der Waals surface area (Å²) in [6.45, 7) is -0.634. The van der Waals surface area contributed by atoms with E-state index >= 15 is 0 Å². The van der Waals surface area contributed by atoms with Crippen molar-refractivity contribution >= 4 is 15.9 Å². The van der Waals surface area contributed by atoms with E-state index in [-0.39, 0.29) is 4.47 Å². The van der Waals surface area contributed by atoms with E-state index in [1.54, 1.807) is 0 Å². The molecule has 0 fully saturated rings. The van der Waals surface area contributed by atoms with Crippen LogP contribution in [0.5, 0.6) is 0 Å². The summed E-state index contributed by atoms with van der Waals surface area (Å²) in [5.74, 6) is -3.92. The summed E-state index contributed by atoms with van der Waals surface area (Å²) in [7, 11) is 0. The highest BCUT2D eigenvalue weighted by Gasteiger charge is 2.31. The first-order valence-corrected chi connectivity index (χ1v) is 4.71. The van der Waals surface area contributed by atoms with Gasteiger partial charge in [0, 0.05) is 18.6 Å². The van der Waals surface area contributed by atoms with Gasteiger partial charge in [-0.25, -0.2) is 13.2 Å². The van der Waals surface area contributed by atoms with Crippen molar-refractivity contribution in [2.24, 2.45) is 0 Å². The molecule has 14 heavy (non-hydrogen) atoms. The van der Waals surface area contributed by atoms with Crippen molar-refractivity contribution in [3.8, 4) is 0 Å². The Morgan fingerprint density at radius 3 is 2.50 bits per heavy atom. The van der Waals surface area contributed by atoms with Crippen molar-refractivity contribution < 1.29 is 18.3 Å². The van der Waals surface area contributed by atoms with Gasteiger partial charge in [0.15, 0.2) is 0 Å². The summed E-state index contributed by atoms with van der Waals surface area (Å²) in [6.07, 6.45) is -0.700. The molecule has 1 aromatic carbocycles. The number of alkyl halides is 2. The van der Waals surface area contributed by atoms with E-state index in [0.29, 0.717) is 0 Å². The average molecular weight is 269 g/mol. The maximum Gasteiger partial charge on any atom is 0.275 e. The Balaban J connectivity index is 3.01. The summed E-state index contributed by atoms with van der Waals surface area (Å²) >= 11 is 2.87. The van der Waals surface area contributed by atoms with Gasteiger partial charge in [-0.15, -0.1) is 0 Å². The number of benzene rings is 1. The normalized spacial score (nSPS) is 11.8. The lowest BCUT2D eigenvalue weighted by Gasteiger charge is -2.15. The lowest BCUT2D eigenvalue weighted by atomic mass is 10.1. The molecule has 0 saturated carbocycles. The molecule has 0 saturated heterocycles.